The zero-order valence-corrected chi connectivity index (χ0v) is 17.7. The summed E-state index contributed by atoms with van der Waals surface area (Å²) in [5.74, 6) is 2.59. The first-order chi connectivity index (χ1) is 14.5. The van der Waals surface area contributed by atoms with Crippen LogP contribution in [0.5, 0.6) is 5.75 Å². The van der Waals surface area contributed by atoms with Gasteiger partial charge < -0.3 is 14.2 Å². The predicted molar refractivity (Wildman–Crippen MR) is 115 cm³/mol. The number of carbonyl (C=O) groups is 1. The number of amides is 1. The molecule has 0 saturated carbocycles. The summed E-state index contributed by atoms with van der Waals surface area (Å²) in [6, 6.07) is 16.2. The highest BCUT2D eigenvalue weighted by Crippen LogP contribution is 2.31. The van der Waals surface area contributed by atoms with Crippen LogP contribution in [0.15, 0.2) is 53.1 Å². The molecule has 6 nitrogen and oxygen atoms in total. The van der Waals surface area contributed by atoms with Crippen LogP contribution >= 0.6 is 0 Å². The lowest BCUT2D eigenvalue weighted by Crippen LogP contribution is -2.24. The van der Waals surface area contributed by atoms with Gasteiger partial charge >= 0.3 is 0 Å². The summed E-state index contributed by atoms with van der Waals surface area (Å²) in [5.41, 5.74) is 3.37. The second-order valence-corrected chi connectivity index (χ2v) is 8.05. The molecule has 3 aromatic rings. The molecule has 4 rings (SSSR count). The predicted octanol–water partition coefficient (Wildman–Crippen LogP) is 4.51. The molecule has 1 aromatic heterocycles. The number of methoxy groups -OCH3 is 1. The molecule has 0 spiro atoms. The highest BCUT2D eigenvalue weighted by Gasteiger charge is 2.34. The molecular weight excluding hydrogens is 378 g/mol. The van der Waals surface area contributed by atoms with Crippen LogP contribution in [0, 0.1) is 0 Å². The first-order valence-corrected chi connectivity index (χ1v) is 10.4. The van der Waals surface area contributed by atoms with Gasteiger partial charge in [-0.05, 0) is 47.7 Å². The standard InChI is InChI=1S/C24H27N3O3/c1-16(2)18-7-9-20(10-8-18)27-15-19(14-23(27)28)24-25-22(30-26-24)13-6-17-4-11-21(29-3)12-5-17/h4-5,7-12,16,19H,6,13-15H2,1-3H3. The highest BCUT2D eigenvalue weighted by molar-refractivity contribution is 5.96. The van der Waals surface area contributed by atoms with E-state index in [1.54, 1.807) is 7.11 Å². The third-order valence-corrected chi connectivity index (χ3v) is 5.63. The van der Waals surface area contributed by atoms with E-state index in [-0.39, 0.29) is 11.8 Å². The average molecular weight is 405 g/mol. The summed E-state index contributed by atoms with van der Waals surface area (Å²) in [5, 5.41) is 4.15. The second-order valence-electron chi connectivity index (χ2n) is 8.05. The van der Waals surface area contributed by atoms with Crippen molar-refractivity contribution in [3.05, 3.63) is 71.4 Å². The Hall–Kier alpha value is -3.15. The number of rotatable bonds is 7. The molecule has 1 aliphatic heterocycles. The minimum Gasteiger partial charge on any atom is -0.497 e. The van der Waals surface area contributed by atoms with Crippen molar-refractivity contribution in [2.24, 2.45) is 0 Å². The molecule has 0 N–H and O–H groups in total. The van der Waals surface area contributed by atoms with Crippen LogP contribution in [0.4, 0.5) is 5.69 Å². The number of hydrogen-bond acceptors (Lipinski definition) is 5. The Kier molecular flexibility index (Phi) is 5.84. The Morgan fingerprint density at radius 1 is 1.10 bits per heavy atom. The van der Waals surface area contributed by atoms with Gasteiger partial charge in [-0.1, -0.05) is 43.3 Å². The molecule has 1 amide bonds. The zero-order valence-electron chi connectivity index (χ0n) is 17.7. The van der Waals surface area contributed by atoms with Gasteiger partial charge in [0.05, 0.1) is 7.11 Å². The van der Waals surface area contributed by atoms with Gasteiger partial charge in [0, 0.05) is 31.0 Å². The number of aromatic nitrogens is 2. The Morgan fingerprint density at radius 3 is 2.50 bits per heavy atom. The highest BCUT2D eigenvalue weighted by atomic mass is 16.5. The van der Waals surface area contributed by atoms with Crippen molar-refractivity contribution in [1.82, 2.24) is 10.1 Å². The van der Waals surface area contributed by atoms with Crippen molar-refractivity contribution in [3.63, 3.8) is 0 Å². The molecule has 1 aliphatic rings. The SMILES string of the molecule is COc1ccc(CCc2nc(C3CC(=O)N(c4ccc(C(C)C)cc4)C3)no2)cc1. The lowest BCUT2D eigenvalue weighted by atomic mass is 10.0. The molecule has 30 heavy (non-hydrogen) atoms. The van der Waals surface area contributed by atoms with Gasteiger partial charge in [0.15, 0.2) is 5.82 Å². The van der Waals surface area contributed by atoms with Crippen molar-refractivity contribution >= 4 is 11.6 Å². The molecule has 156 valence electrons. The van der Waals surface area contributed by atoms with Gasteiger partial charge in [0.25, 0.3) is 0 Å². The quantitative estimate of drug-likeness (QED) is 0.579. The third-order valence-electron chi connectivity index (χ3n) is 5.63. The normalized spacial score (nSPS) is 16.5. The van der Waals surface area contributed by atoms with Crippen molar-refractivity contribution < 1.29 is 14.1 Å². The number of benzene rings is 2. The van der Waals surface area contributed by atoms with Gasteiger partial charge in [0.2, 0.25) is 11.8 Å². The molecule has 0 bridgehead atoms. The Morgan fingerprint density at radius 2 is 1.83 bits per heavy atom. The number of aryl methyl sites for hydroxylation is 2. The number of nitrogens with zero attached hydrogens (tertiary/aromatic N) is 3. The van der Waals surface area contributed by atoms with Crippen molar-refractivity contribution in [1.29, 1.82) is 0 Å². The van der Waals surface area contributed by atoms with E-state index in [4.69, 9.17) is 9.26 Å². The molecule has 2 aromatic carbocycles. The van der Waals surface area contributed by atoms with Crippen LogP contribution in [-0.2, 0) is 17.6 Å². The monoisotopic (exact) mass is 405 g/mol. The topological polar surface area (TPSA) is 68.5 Å². The summed E-state index contributed by atoms with van der Waals surface area (Å²) in [4.78, 5) is 19.0. The van der Waals surface area contributed by atoms with E-state index < -0.39 is 0 Å². The van der Waals surface area contributed by atoms with E-state index >= 15 is 0 Å². The fourth-order valence-corrected chi connectivity index (χ4v) is 3.75. The van der Waals surface area contributed by atoms with Crippen LogP contribution in [-0.4, -0.2) is 29.7 Å². The maximum absolute atomic E-state index is 12.6. The Balaban J connectivity index is 1.38. The van der Waals surface area contributed by atoms with E-state index in [1.165, 1.54) is 11.1 Å². The van der Waals surface area contributed by atoms with Crippen molar-refractivity contribution in [2.45, 2.75) is 44.9 Å². The van der Waals surface area contributed by atoms with E-state index in [2.05, 4.69) is 36.1 Å². The molecule has 1 unspecified atom stereocenters. The lowest BCUT2D eigenvalue weighted by Gasteiger charge is -2.17. The van der Waals surface area contributed by atoms with E-state index in [1.807, 2.05) is 41.3 Å². The van der Waals surface area contributed by atoms with Gasteiger partial charge in [-0.25, -0.2) is 0 Å². The number of hydrogen-bond donors (Lipinski definition) is 0. The maximum Gasteiger partial charge on any atom is 0.227 e. The van der Waals surface area contributed by atoms with Crippen LogP contribution in [0.2, 0.25) is 0 Å². The summed E-state index contributed by atoms with van der Waals surface area (Å²) in [6.07, 6.45) is 1.88. The van der Waals surface area contributed by atoms with Crippen LogP contribution in [0.25, 0.3) is 0 Å². The van der Waals surface area contributed by atoms with Gasteiger partial charge in [-0.15, -0.1) is 0 Å². The van der Waals surface area contributed by atoms with Crippen LogP contribution < -0.4 is 9.64 Å². The van der Waals surface area contributed by atoms with E-state index in [9.17, 15) is 4.79 Å². The fraction of sp³-hybridized carbons (Fsp3) is 0.375. The number of carbonyl (C=O) groups excluding carboxylic acids is 1. The summed E-state index contributed by atoms with van der Waals surface area (Å²) >= 11 is 0. The third kappa shape index (κ3) is 4.37. The second kappa shape index (κ2) is 8.69. The number of ether oxygens (including phenoxy) is 1. The first-order valence-electron chi connectivity index (χ1n) is 10.4. The largest absolute Gasteiger partial charge is 0.497 e. The molecule has 1 atom stereocenters. The lowest BCUT2D eigenvalue weighted by molar-refractivity contribution is -0.117. The van der Waals surface area contributed by atoms with E-state index in [0.717, 1.165) is 17.9 Å². The smallest absolute Gasteiger partial charge is 0.227 e. The summed E-state index contributed by atoms with van der Waals surface area (Å²) < 4.78 is 10.6. The first kappa shape index (κ1) is 20.1. The molecule has 1 fully saturated rings. The summed E-state index contributed by atoms with van der Waals surface area (Å²) in [6.45, 7) is 4.90. The molecule has 0 radical (unpaired) electrons. The molecule has 0 aliphatic carbocycles. The van der Waals surface area contributed by atoms with Gasteiger partial charge in [-0.3, -0.25) is 4.79 Å². The maximum atomic E-state index is 12.6. The van der Waals surface area contributed by atoms with Crippen LogP contribution in [0.3, 0.4) is 0 Å². The molecule has 1 saturated heterocycles. The Bertz CT molecular complexity index is 993. The summed E-state index contributed by atoms with van der Waals surface area (Å²) in [7, 11) is 1.66. The van der Waals surface area contributed by atoms with Crippen molar-refractivity contribution in [3.8, 4) is 5.75 Å². The fourth-order valence-electron chi connectivity index (χ4n) is 3.75. The minimum absolute atomic E-state index is 0.0410. The van der Waals surface area contributed by atoms with Crippen molar-refractivity contribution in [2.75, 3.05) is 18.6 Å². The molecule has 6 heteroatoms. The zero-order chi connectivity index (χ0) is 21.1. The van der Waals surface area contributed by atoms with E-state index in [0.29, 0.717) is 37.0 Å². The van der Waals surface area contributed by atoms with Gasteiger partial charge in [-0.2, -0.15) is 4.98 Å². The number of anilines is 1. The van der Waals surface area contributed by atoms with Crippen LogP contribution in [0.1, 0.15) is 54.9 Å². The minimum atomic E-state index is -0.0410. The Labute approximate surface area is 176 Å². The molecular formula is C24H27N3O3. The molecule has 2 heterocycles. The average Bonchev–Trinajstić information content (AvgIpc) is 3.39. The van der Waals surface area contributed by atoms with Gasteiger partial charge in [0.1, 0.15) is 5.75 Å².